The molecule has 0 bridgehead atoms. The molecule has 3 rings (SSSR count). The van der Waals surface area contributed by atoms with Gasteiger partial charge >= 0.3 is 12.1 Å². The Hall–Kier alpha value is -3.37. The second-order valence-electron chi connectivity index (χ2n) is 6.29. The number of oxime groups is 1. The molecule has 1 fully saturated rings. The average molecular weight is 486 g/mol. The van der Waals surface area contributed by atoms with Crippen LogP contribution in [0.3, 0.4) is 0 Å². The number of carboxylic acids is 1. The van der Waals surface area contributed by atoms with E-state index in [1.165, 1.54) is 17.1 Å². The SMILES string of the molecule is NC(=O)OCC1=C(C(=O)O)N2C(=O)C(NC(=O)/C(=N\OCCO)c3csc(N)n3)[C@H]2SC1. The van der Waals surface area contributed by atoms with Crippen LogP contribution in [-0.4, -0.2) is 86.7 Å². The van der Waals surface area contributed by atoms with Crippen molar-refractivity contribution in [2.24, 2.45) is 10.9 Å². The Morgan fingerprint density at radius 3 is 2.75 bits per heavy atom. The lowest BCUT2D eigenvalue weighted by molar-refractivity contribution is -0.150. The lowest BCUT2D eigenvalue weighted by Gasteiger charge is -2.49. The highest BCUT2D eigenvalue weighted by atomic mass is 32.2. The maximum Gasteiger partial charge on any atom is 0.404 e. The summed E-state index contributed by atoms with van der Waals surface area (Å²) < 4.78 is 4.66. The van der Waals surface area contributed by atoms with E-state index >= 15 is 0 Å². The maximum atomic E-state index is 12.8. The standard InChI is InChI=1S/C16H18N6O8S2/c17-15-19-7(5-32-15)8(21-30-2-1-23)11(24)20-9-12(25)22-10(14(26)27)6(3-29-16(18)28)4-31-13(9)22/h5,9,13,23H,1-4H2,(H2,17,19)(H2,18,28)(H,20,24)(H,26,27)/b21-8-/t9?,13-/m1/s1. The van der Waals surface area contributed by atoms with E-state index in [1.807, 2.05) is 0 Å². The first kappa shape index (κ1) is 23.3. The normalized spacial score (nSPS) is 20.3. The van der Waals surface area contributed by atoms with Crippen molar-refractivity contribution in [3.8, 4) is 0 Å². The number of aliphatic carboxylic acids is 1. The number of carboxylic acid groups (broad SMARTS) is 1. The molecular formula is C16H18N6O8S2. The van der Waals surface area contributed by atoms with Crippen molar-refractivity contribution in [2.45, 2.75) is 11.4 Å². The number of thiazole rings is 1. The fraction of sp³-hybridized carbons (Fsp3) is 0.375. The third-order valence-corrected chi connectivity index (χ3v) is 6.26. The van der Waals surface area contributed by atoms with Crippen LogP contribution >= 0.6 is 23.1 Å². The number of aromatic nitrogens is 1. The van der Waals surface area contributed by atoms with Crippen molar-refractivity contribution >= 4 is 57.8 Å². The van der Waals surface area contributed by atoms with Crippen LogP contribution < -0.4 is 16.8 Å². The molecule has 3 heterocycles. The largest absolute Gasteiger partial charge is 0.477 e. The highest BCUT2D eigenvalue weighted by molar-refractivity contribution is 8.00. The predicted octanol–water partition coefficient (Wildman–Crippen LogP) is -1.73. The molecule has 0 aliphatic carbocycles. The van der Waals surface area contributed by atoms with Crippen LogP contribution in [0.5, 0.6) is 0 Å². The molecule has 14 nitrogen and oxygen atoms in total. The Balaban J connectivity index is 1.77. The first-order chi connectivity index (χ1) is 15.2. The number of ether oxygens (including phenoxy) is 1. The van der Waals surface area contributed by atoms with Gasteiger partial charge in [0, 0.05) is 16.7 Å². The van der Waals surface area contributed by atoms with E-state index in [4.69, 9.17) is 21.4 Å². The average Bonchev–Trinajstić information content (AvgIpc) is 3.18. The van der Waals surface area contributed by atoms with Crippen molar-refractivity contribution in [3.05, 3.63) is 22.3 Å². The molecule has 7 N–H and O–H groups in total. The molecule has 2 aliphatic heterocycles. The van der Waals surface area contributed by atoms with Gasteiger partial charge in [-0.1, -0.05) is 5.16 Å². The number of carbonyl (C=O) groups excluding carboxylic acids is 3. The van der Waals surface area contributed by atoms with Gasteiger partial charge in [0.1, 0.15) is 36.0 Å². The quantitative estimate of drug-likeness (QED) is 0.114. The van der Waals surface area contributed by atoms with E-state index < -0.39 is 35.3 Å². The molecular weight excluding hydrogens is 468 g/mol. The molecule has 32 heavy (non-hydrogen) atoms. The van der Waals surface area contributed by atoms with Crippen LogP contribution in [0.1, 0.15) is 5.69 Å². The van der Waals surface area contributed by atoms with Crippen LogP contribution in [0, 0.1) is 0 Å². The van der Waals surface area contributed by atoms with Crippen molar-refractivity contribution < 1.29 is 39.0 Å². The Morgan fingerprint density at radius 1 is 1.41 bits per heavy atom. The Bertz CT molecular complexity index is 1010. The minimum absolute atomic E-state index is 0.111. The van der Waals surface area contributed by atoms with Crippen LogP contribution in [0.4, 0.5) is 9.93 Å². The van der Waals surface area contributed by atoms with E-state index in [0.717, 1.165) is 16.2 Å². The topological polar surface area (TPSA) is 220 Å². The zero-order valence-electron chi connectivity index (χ0n) is 16.2. The molecule has 0 saturated carbocycles. The number of amides is 3. The number of anilines is 1. The molecule has 1 unspecified atom stereocenters. The zero-order chi connectivity index (χ0) is 23.4. The first-order valence-electron chi connectivity index (χ1n) is 8.89. The first-order valence-corrected chi connectivity index (χ1v) is 10.8. The number of nitrogens with zero attached hydrogens (tertiary/aromatic N) is 3. The van der Waals surface area contributed by atoms with Crippen LogP contribution in [0.25, 0.3) is 0 Å². The van der Waals surface area contributed by atoms with Crippen LogP contribution in [-0.2, 0) is 24.0 Å². The highest BCUT2D eigenvalue weighted by Crippen LogP contribution is 2.40. The van der Waals surface area contributed by atoms with Gasteiger partial charge in [-0.15, -0.1) is 23.1 Å². The molecule has 1 aromatic rings. The summed E-state index contributed by atoms with van der Waals surface area (Å²) in [7, 11) is 0. The number of aliphatic hydroxyl groups excluding tert-OH is 1. The number of fused-ring (bicyclic) bond motifs is 1. The number of β-lactam (4-membered cyclic amide) rings is 1. The third-order valence-electron chi connectivity index (χ3n) is 4.24. The van der Waals surface area contributed by atoms with Gasteiger partial charge in [-0.05, 0) is 0 Å². The van der Waals surface area contributed by atoms with Crippen molar-refractivity contribution in [1.29, 1.82) is 0 Å². The number of thioether (sulfide) groups is 1. The summed E-state index contributed by atoms with van der Waals surface area (Å²) in [5.41, 5.74) is 10.2. The highest BCUT2D eigenvalue weighted by Gasteiger charge is 2.54. The number of hydrogen-bond acceptors (Lipinski definition) is 12. The molecule has 0 aromatic carbocycles. The Kier molecular flexibility index (Phi) is 7.16. The predicted molar refractivity (Wildman–Crippen MR) is 111 cm³/mol. The molecule has 0 spiro atoms. The maximum absolute atomic E-state index is 12.8. The number of nitrogens with one attached hydrogen (secondary N) is 1. The van der Waals surface area contributed by atoms with E-state index in [0.29, 0.717) is 0 Å². The summed E-state index contributed by atoms with van der Waals surface area (Å²) in [5.74, 6) is -2.71. The zero-order valence-corrected chi connectivity index (χ0v) is 17.9. The molecule has 0 radical (unpaired) electrons. The smallest absolute Gasteiger partial charge is 0.404 e. The van der Waals surface area contributed by atoms with Gasteiger partial charge in [0.25, 0.3) is 11.8 Å². The van der Waals surface area contributed by atoms with E-state index in [2.05, 4.69) is 20.2 Å². The monoisotopic (exact) mass is 486 g/mol. The van der Waals surface area contributed by atoms with E-state index in [9.17, 15) is 24.3 Å². The van der Waals surface area contributed by atoms with Crippen molar-refractivity contribution in [2.75, 3.05) is 31.3 Å². The molecule has 1 aromatic heterocycles. The van der Waals surface area contributed by atoms with Crippen molar-refractivity contribution in [1.82, 2.24) is 15.2 Å². The fourth-order valence-corrected chi connectivity index (χ4v) is 4.79. The minimum atomic E-state index is -1.38. The van der Waals surface area contributed by atoms with Crippen LogP contribution in [0.2, 0.25) is 0 Å². The Morgan fingerprint density at radius 2 is 2.16 bits per heavy atom. The number of nitrogens with two attached hydrogens (primary N) is 2. The number of carbonyl (C=O) groups is 4. The van der Waals surface area contributed by atoms with Gasteiger partial charge in [0.05, 0.1) is 6.61 Å². The second kappa shape index (κ2) is 9.84. The minimum Gasteiger partial charge on any atom is -0.477 e. The summed E-state index contributed by atoms with van der Waals surface area (Å²) in [6.07, 6.45) is -1.08. The fourth-order valence-electron chi connectivity index (χ4n) is 2.91. The van der Waals surface area contributed by atoms with Gasteiger partial charge in [-0.2, -0.15) is 0 Å². The molecule has 172 valence electrons. The number of rotatable bonds is 9. The molecule has 3 amide bonds. The lowest BCUT2D eigenvalue weighted by Crippen LogP contribution is -2.71. The van der Waals surface area contributed by atoms with Crippen LogP contribution in [0.15, 0.2) is 21.8 Å². The number of hydrogen-bond donors (Lipinski definition) is 5. The summed E-state index contributed by atoms with van der Waals surface area (Å²) in [6, 6.07) is -1.04. The number of aliphatic hydroxyl groups is 1. The van der Waals surface area contributed by atoms with Gasteiger partial charge in [0.15, 0.2) is 10.8 Å². The molecule has 2 atom stereocenters. The van der Waals surface area contributed by atoms with Gasteiger partial charge in [0.2, 0.25) is 0 Å². The van der Waals surface area contributed by atoms with Gasteiger partial charge in [-0.25, -0.2) is 14.6 Å². The van der Waals surface area contributed by atoms with Gasteiger partial charge in [-0.3, -0.25) is 14.5 Å². The van der Waals surface area contributed by atoms with Gasteiger partial charge < -0.3 is 36.6 Å². The Labute approximate surface area is 188 Å². The third kappa shape index (κ3) is 4.76. The molecule has 16 heteroatoms. The van der Waals surface area contributed by atoms with E-state index in [1.54, 1.807) is 0 Å². The number of primary amides is 1. The second-order valence-corrected chi connectivity index (χ2v) is 8.29. The summed E-state index contributed by atoms with van der Waals surface area (Å²) >= 11 is 2.24. The number of nitrogen functional groups attached to an aromatic ring is 1. The van der Waals surface area contributed by atoms with Crippen molar-refractivity contribution in [3.63, 3.8) is 0 Å². The summed E-state index contributed by atoms with van der Waals surface area (Å²) in [4.78, 5) is 57.9. The van der Waals surface area contributed by atoms with E-state index in [-0.39, 0.29) is 53.4 Å². The molecule has 1 saturated heterocycles. The lowest BCUT2D eigenvalue weighted by atomic mass is 10.0. The summed E-state index contributed by atoms with van der Waals surface area (Å²) in [5, 5.41) is 25.5. The summed E-state index contributed by atoms with van der Waals surface area (Å²) in [6.45, 7) is -0.881. The molecule has 2 aliphatic rings.